The van der Waals surface area contributed by atoms with Crippen LogP contribution in [0, 0.1) is 5.41 Å². The van der Waals surface area contributed by atoms with Crippen LogP contribution in [0.1, 0.15) is 33.6 Å². The Morgan fingerprint density at radius 1 is 1.50 bits per heavy atom. The number of nitrogens with one attached hydrogen (secondary N) is 1. The van der Waals surface area contributed by atoms with Crippen molar-refractivity contribution in [2.24, 2.45) is 5.41 Å². The fraction of sp³-hybridized carbons (Fsp3) is 1.00. The van der Waals surface area contributed by atoms with E-state index < -0.39 is 12.3 Å². The van der Waals surface area contributed by atoms with Gasteiger partial charge in [0.15, 0.2) is 6.10 Å². The van der Waals surface area contributed by atoms with Crippen molar-refractivity contribution < 1.29 is 17.9 Å². The molecule has 0 bridgehead atoms. The molecule has 0 aromatic rings. The van der Waals surface area contributed by atoms with E-state index in [4.69, 9.17) is 4.74 Å². The second-order valence-electron chi connectivity index (χ2n) is 4.74. The van der Waals surface area contributed by atoms with Gasteiger partial charge in [0.1, 0.15) is 0 Å². The van der Waals surface area contributed by atoms with Crippen molar-refractivity contribution >= 4 is 0 Å². The second-order valence-corrected chi connectivity index (χ2v) is 4.74. The Morgan fingerprint density at radius 3 is 2.44 bits per heavy atom. The van der Waals surface area contributed by atoms with E-state index in [1.807, 2.05) is 20.9 Å². The Balaban J connectivity index is 2.58. The lowest BCUT2D eigenvalue weighted by atomic mass is 9.61. The van der Waals surface area contributed by atoms with Crippen molar-refractivity contribution in [1.29, 1.82) is 0 Å². The van der Waals surface area contributed by atoms with E-state index in [0.717, 1.165) is 13.3 Å². The molecule has 0 spiro atoms. The lowest BCUT2D eigenvalue weighted by molar-refractivity contribution is -0.258. The normalized spacial score (nSPS) is 36.9. The number of hydrogen-bond acceptors (Lipinski definition) is 2. The third kappa shape index (κ3) is 2.35. The van der Waals surface area contributed by atoms with Gasteiger partial charge in [0.2, 0.25) is 0 Å². The quantitative estimate of drug-likeness (QED) is 0.814. The molecule has 4 atom stereocenters. The summed E-state index contributed by atoms with van der Waals surface area (Å²) in [5, 5.41) is 3.12. The minimum absolute atomic E-state index is 0.186. The summed E-state index contributed by atoms with van der Waals surface area (Å²) in [6.07, 6.45) is -4.78. The molecule has 0 radical (unpaired) electrons. The molecular formula is C11H20F3NO. The number of rotatable bonds is 4. The molecule has 0 aliphatic heterocycles. The maximum atomic E-state index is 12.4. The molecule has 1 fully saturated rings. The highest BCUT2D eigenvalue weighted by Crippen LogP contribution is 2.47. The number of ether oxygens (including phenoxy) is 1. The van der Waals surface area contributed by atoms with Gasteiger partial charge in [-0.1, -0.05) is 13.8 Å². The summed E-state index contributed by atoms with van der Waals surface area (Å²) in [6.45, 7) is 5.03. The van der Waals surface area contributed by atoms with E-state index >= 15 is 0 Å². The predicted molar refractivity (Wildman–Crippen MR) is 56.3 cm³/mol. The van der Waals surface area contributed by atoms with Gasteiger partial charge in [-0.2, -0.15) is 13.2 Å². The predicted octanol–water partition coefficient (Wildman–Crippen LogP) is 2.73. The Labute approximate surface area is 94.5 Å². The third-order valence-corrected chi connectivity index (χ3v) is 3.92. The number of halogens is 3. The van der Waals surface area contributed by atoms with E-state index in [1.165, 1.54) is 0 Å². The van der Waals surface area contributed by atoms with Crippen molar-refractivity contribution in [3.8, 4) is 0 Å². The molecule has 4 unspecified atom stereocenters. The first-order valence-electron chi connectivity index (χ1n) is 5.65. The van der Waals surface area contributed by atoms with E-state index in [2.05, 4.69) is 5.32 Å². The average molecular weight is 239 g/mol. The molecule has 1 aliphatic rings. The van der Waals surface area contributed by atoms with Crippen LogP contribution in [0.5, 0.6) is 0 Å². The molecule has 0 aromatic heterocycles. The molecule has 0 aromatic carbocycles. The topological polar surface area (TPSA) is 21.3 Å². The van der Waals surface area contributed by atoms with E-state index in [0.29, 0.717) is 6.42 Å². The molecule has 16 heavy (non-hydrogen) atoms. The van der Waals surface area contributed by atoms with Gasteiger partial charge >= 0.3 is 6.18 Å². The van der Waals surface area contributed by atoms with Crippen molar-refractivity contribution in [3.63, 3.8) is 0 Å². The largest absolute Gasteiger partial charge is 0.414 e. The number of alkyl halides is 3. The van der Waals surface area contributed by atoms with Gasteiger partial charge in [0.05, 0.1) is 6.10 Å². The Kier molecular flexibility index (Phi) is 3.90. The molecule has 1 rings (SSSR count). The van der Waals surface area contributed by atoms with Gasteiger partial charge in [0.25, 0.3) is 0 Å². The van der Waals surface area contributed by atoms with Gasteiger partial charge in [-0.3, -0.25) is 0 Å². The molecule has 1 saturated carbocycles. The standard InChI is InChI=1S/C11H20F3NO/c1-5-10(3)8(15-4)6-9(10)16-7(2)11(12,13)14/h7-9,15H,5-6H2,1-4H3. The van der Waals surface area contributed by atoms with Gasteiger partial charge in [0, 0.05) is 11.5 Å². The Bertz CT molecular complexity index is 244. The summed E-state index contributed by atoms with van der Waals surface area (Å²) in [4.78, 5) is 0. The first kappa shape index (κ1) is 13.8. The van der Waals surface area contributed by atoms with Gasteiger partial charge in [-0.05, 0) is 26.8 Å². The molecule has 0 amide bonds. The van der Waals surface area contributed by atoms with Crippen LogP contribution in [0.15, 0.2) is 0 Å². The van der Waals surface area contributed by atoms with E-state index in [-0.39, 0.29) is 17.6 Å². The molecule has 2 nitrogen and oxygen atoms in total. The minimum Gasteiger partial charge on any atom is -0.365 e. The highest BCUT2D eigenvalue weighted by Gasteiger charge is 2.53. The summed E-state index contributed by atoms with van der Waals surface area (Å²) < 4.78 is 42.2. The fourth-order valence-corrected chi connectivity index (χ4v) is 2.27. The molecule has 0 heterocycles. The zero-order valence-corrected chi connectivity index (χ0v) is 10.2. The molecule has 0 saturated heterocycles. The van der Waals surface area contributed by atoms with Gasteiger partial charge < -0.3 is 10.1 Å². The van der Waals surface area contributed by atoms with Crippen LogP contribution < -0.4 is 5.32 Å². The van der Waals surface area contributed by atoms with Crippen LogP contribution >= 0.6 is 0 Å². The first-order chi connectivity index (χ1) is 7.25. The van der Waals surface area contributed by atoms with E-state index in [1.54, 1.807) is 0 Å². The lowest BCUT2D eigenvalue weighted by Crippen LogP contribution is -2.62. The van der Waals surface area contributed by atoms with Crippen molar-refractivity contribution in [1.82, 2.24) is 5.32 Å². The van der Waals surface area contributed by atoms with Crippen LogP contribution in [0.3, 0.4) is 0 Å². The zero-order chi connectivity index (χ0) is 12.6. The van der Waals surface area contributed by atoms with Crippen LogP contribution in [0.25, 0.3) is 0 Å². The SMILES string of the molecule is CCC1(C)C(NC)CC1OC(C)C(F)(F)F. The summed E-state index contributed by atoms with van der Waals surface area (Å²) in [6, 6.07) is 0.253. The van der Waals surface area contributed by atoms with Crippen molar-refractivity contribution in [3.05, 3.63) is 0 Å². The monoisotopic (exact) mass is 239 g/mol. The molecule has 5 heteroatoms. The Hall–Kier alpha value is -0.290. The lowest BCUT2D eigenvalue weighted by Gasteiger charge is -2.54. The summed E-state index contributed by atoms with van der Waals surface area (Å²) >= 11 is 0. The molecule has 96 valence electrons. The molecule has 1 N–H and O–H groups in total. The zero-order valence-electron chi connectivity index (χ0n) is 10.2. The summed E-state index contributed by atoms with van der Waals surface area (Å²) in [5.74, 6) is 0. The van der Waals surface area contributed by atoms with Crippen LogP contribution in [0.4, 0.5) is 13.2 Å². The molecule has 1 aliphatic carbocycles. The second kappa shape index (κ2) is 4.53. The number of hydrogen-bond donors (Lipinski definition) is 1. The maximum absolute atomic E-state index is 12.4. The van der Waals surface area contributed by atoms with Crippen molar-refractivity contribution in [2.75, 3.05) is 7.05 Å². The van der Waals surface area contributed by atoms with Crippen LogP contribution in [0.2, 0.25) is 0 Å². The average Bonchev–Trinajstić information content (AvgIpc) is 2.20. The minimum atomic E-state index is -4.26. The fourth-order valence-electron chi connectivity index (χ4n) is 2.27. The van der Waals surface area contributed by atoms with Crippen LogP contribution in [-0.4, -0.2) is 31.5 Å². The summed E-state index contributed by atoms with van der Waals surface area (Å²) in [5.41, 5.74) is -0.186. The van der Waals surface area contributed by atoms with Crippen LogP contribution in [-0.2, 0) is 4.74 Å². The highest BCUT2D eigenvalue weighted by molar-refractivity contribution is 5.04. The van der Waals surface area contributed by atoms with Crippen molar-refractivity contribution in [2.45, 2.75) is 58.0 Å². The summed E-state index contributed by atoms with van der Waals surface area (Å²) in [7, 11) is 1.84. The third-order valence-electron chi connectivity index (χ3n) is 3.92. The smallest absolute Gasteiger partial charge is 0.365 e. The maximum Gasteiger partial charge on any atom is 0.414 e. The Morgan fingerprint density at radius 2 is 2.06 bits per heavy atom. The highest BCUT2D eigenvalue weighted by atomic mass is 19.4. The van der Waals surface area contributed by atoms with Gasteiger partial charge in [-0.25, -0.2) is 0 Å². The first-order valence-corrected chi connectivity index (χ1v) is 5.65. The van der Waals surface area contributed by atoms with E-state index in [9.17, 15) is 13.2 Å². The molecular weight excluding hydrogens is 219 g/mol. The van der Waals surface area contributed by atoms with Gasteiger partial charge in [-0.15, -0.1) is 0 Å².